The van der Waals surface area contributed by atoms with E-state index >= 15 is 0 Å². The summed E-state index contributed by atoms with van der Waals surface area (Å²) >= 11 is 0. The van der Waals surface area contributed by atoms with Crippen LogP contribution in [0.1, 0.15) is 26.7 Å². The van der Waals surface area contributed by atoms with Crippen molar-refractivity contribution in [1.82, 2.24) is 14.7 Å². The van der Waals surface area contributed by atoms with Gasteiger partial charge in [0.1, 0.15) is 6.61 Å². The minimum absolute atomic E-state index is 0.121. The third-order valence-electron chi connectivity index (χ3n) is 5.20. The molecule has 2 fully saturated rings. The van der Waals surface area contributed by atoms with Gasteiger partial charge in [0.05, 0.1) is 19.8 Å². The van der Waals surface area contributed by atoms with Crippen molar-refractivity contribution >= 4 is 5.91 Å². The van der Waals surface area contributed by atoms with Gasteiger partial charge >= 0.3 is 0 Å². The molecule has 0 aromatic rings. The molecule has 2 saturated heterocycles. The Morgan fingerprint density at radius 1 is 0.917 bits per heavy atom. The number of piperidine rings is 1. The van der Waals surface area contributed by atoms with Gasteiger partial charge in [-0.15, -0.1) is 0 Å². The molecule has 24 heavy (non-hydrogen) atoms. The second-order valence-electron chi connectivity index (χ2n) is 7.00. The maximum absolute atomic E-state index is 12.0. The fourth-order valence-electron chi connectivity index (χ4n) is 3.25. The maximum atomic E-state index is 12.0. The molecule has 2 heterocycles. The normalized spacial score (nSPS) is 21.3. The van der Waals surface area contributed by atoms with Gasteiger partial charge in [0.25, 0.3) is 0 Å². The Morgan fingerprint density at radius 2 is 1.54 bits per heavy atom. The third-order valence-corrected chi connectivity index (χ3v) is 5.20. The number of likely N-dealkylation sites (N-methyl/N-ethyl adjacent to an activating group) is 1. The smallest absolute Gasteiger partial charge is 0.248 e. The Labute approximate surface area is 147 Å². The number of piperazine rings is 1. The summed E-state index contributed by atoms with van der Waals surface area (Å²) in [4.78, 5) is 18.9. The second kappa shape index (κ2) is 11.0. The van der Waals surface area contributed by atoms with Gasteiger partial charge in [0.15, 0.2) is 0 Å². The van der Waals surface area contributed by atoms with Gasteiger partial charge in [-0.05, 0) is 25.3 Å². The topological polar surface area (TPSA) is 45.3 Å². The molecule has 2 rings (SSSR count). The van der Waals surface area contributed by atoms with E-state index in [2.05, 4.69) is 23.6 Å². The van der Waals surface area contributed by atoms with E-state index < -0.39 is 0 Å². The Hall–Kier alpha value is -0.690. The van der Waals surface area contributed by atoms with Crippen LogP contribution >= 0.6 is 0 Å². The molecule has 0 aromatic carbocycles. The predicted molar refractivity (Wildman–Crippen MR) is 95.2 cm³/mol. The number of likely N-dealkylation sites (tertiary alicyclic amines) is 1. The average molecular weight is 341 g/mol. The van der Waals surface area contributed by atoms with Gasteiger partial charge in [-0.2, -0.15) is 0 Å². The largest absolute Gasteiger partial charge is 0.378 e. The number of carbonyl (C=O) groups is 1. The SMILES string of the molecule is CCN1CCN(CCOCCOCC(=O)N2CCC(C)CC2)CC1. The summed E-state index contributed by atoms with van der Waals surface area (Å²) < 4.78 is 11.1. The van der Waals surface area contributed by atoms with Crippen molar-refractivity contribution in [1.29, 1.82) is 0 Å². The van der Waals surface area contributed by atoms with E-state index in [-0.39, 0.29) is 12.5 Å². The van der Waals surface area contributed by atoms with Crippen molar-refractivity contribution < 1.29 is 14.3 Å². The van der Waals surface area contributed by atoms with Crippen molar-refractivity contribution in [2.24, 2.45) is 5.92 Å². The standard InChI is InChI=1S/C18H35N3O3/c1-3-19-8-10-20(11-9-19)12-13-23-14-15-24-16-18(22)21-6-4-17(2)5-7-21/h17H,3-16H2,1-2H3. The van der Waals surface area contributed by atoms with E-state index in [1.165, 1.54) is 0 Å². The van der Waals surface area contributed by atoms with Crippen molar-refractivity contribution in [3.8, 4) is 0 Å². The van der Waals surface area contributed by atoms with Crippen LogP contribution in [0.2, 0.25) is 0 Å². The van der Waals surface area contributed by atoms with Crippen LogP contribution in [0.4, 0.5) is 0 Å². The van der Waals surface area contributed by atoms with Gasteiger partial charge < -0.3 is 19.3 Å². The van der Waals surface area contributed by atoms with E-state index in [1.54, 1.807) is 0 Å². The summed E-state index contributed by atoms with van der Waals surface area (Å²) in [5.41, 5.74) is 0. The molecule has 0 atom stereocenters. The molecule has 6 heteroatoms. The lowest BCUT2D eigenvalue weighted by atomic mass is 9.99. The van der Waals surface area contributed by atoms with Gasteiger partial charge in [0.2, 0.25) is 5.91 Å². The highest BCUT2D eigenvalue weighted by Crippen LogP contribution is 2.15. The van der Waals surface area contributed by atoms with Crippen LogP contribution in [-0.2, 0) is 14.3 Å². The summed E-state index contributed by atoms with van der Waals surface area (Å²) in [5.74, 6) is 0.865. The fraction of sp³-hybridized carbons (Fsp3) is 0.944. The van der Waals surface area contributed by atoms with Crippen LogP contribution in [0.5, 0.6) is 0 Å². The van der Waals surface area contributed by atoms with E-state index in [9.17, 15) is 4.79 Å². The molecule has 1 amide bonds. The first-order valence-electron chi connectivity index (χ1n) is 9.57. The molecule has 0 aromatic heterocycles. The van der Waals surface area contributed by atoms with Gasteiger partial charge in [-0.25, -0.2) is 0 Å². The number of hydrogen-bond donors (Lipinski definition) is 0. The molecule has 0 bridgehead atoms. The molecule has 6 nitrogen and oxygen atoms in total. The number of amides is 1. The summed E-state index contributed by atoms with van der Waals surface area (Å²) in [5, 5.41) is 0. The number of carbonyl (C=O) groups excluding carboxylic acids is 1. The Balaban J connectivity index is 1.41. The highest BCUT2D eigenvalue weighted by molar-refractivity contribution is 5.77. The van der Waals surface area contributed by atoms with Crippen molar-refractivity contribution in [3.05, 3.63) is 0 Å². The lowest BCUT2D eigenvalue weighted by Crippen LogP contribution is -2.47. The molecule has 2 aliphatic rings. The van der Waals surface area contributed by atoms with Crippen LogP contribution in [0.15, 0.2) is 0 Å². The zero-order valence-electron chi connectivity index (χ0n) is 15.5. The number of hydrogen-bond acceptors (Lipinski definition) is 5. The molecule has 0 radical (unpaired) electrons. The molecule has 0 aliphatic carbocycles. The molecular formula is C18H35N3O3. The van der Waals surface area contributed by atoms with Crippen LogP contribution in [0, 0.1) is 5.92 Å². The number of ether oxygens (including phenoxy) is 2. The lowest BCUT2D eigenvalue weighted by Gasteiger charge is -2.33. The predicted octanol–water partition coefficient (Wildman–Crippen LogP) is 0.916. The third kappa shape index (κ3) is 7.05. The molecule has 0 N–H and O–H groups in total. The van der Waals surface area contributed by atoms with Crippen LogP contribution in [-0.4, -0.2) is 99.4 Å². The van der Waals surface area contributed by atoms with Crippen LogP contribution in [0.3, 0.4) is 0 Å². The Kier molecular flexibility index (Phi) is 9.02. The molecule has 0 saturated carbocycles. The average Bonchev–Trinajstić information content (AvgIpc) is 2.62. The van der Waals surface area contributed by atoms with Gasteiger partial charge in [-0.1, -0.05) is 13.8 Å². The minimum atomic E-state index is 0.121. The van der Waals surface area contributed by atoms with E-state index in [1.807, 2.05) is 4.90 Å². The summed E-state index contributed by atoms with van der Waals surface area (Å²) in [6.45, 7) is 15.0. The molecule has 2 aliphatic heterocycles. The zero-order chi connectivity index (χ0) is 17.2. The molecule has 0 unspecified atom stereocenters. The summed E-state index contributed by atoms with van der Waals surface area (Å²) in [6, 6.07) is 0. The summed E-state index contributed by atoms with van der Waals surface area (Å²) in [6.07, 6.45) is 2.22. The quantitative estimate of drug-likeness (QED) is 0.584. The Morgan fingerprint density at radius 3 is 2.21 bits per heavy atom. The van der Waals surface area contributed by atoms with E-state index in [0.717, 1.165) is 77.7 Å². The first-order chi connectivity index (χ1) is 11.7. The highest BCUT2D eigenvalue weighted by atomic mass is 16.5. The van der Waals surface area contributed by atoms with E-state index in [4.69, 9.17) is 9.47 Å². The molecule has 140 valence electrons. The summed E-state index contributed by atoms with van der Waals surface area (Å²) in [7, 11) is 0. The molecular weight excluding hydrogens is 306 g/mol. The minimum Gasteiger partial charge on any atom is -0.378 e. The maximum Gasteiger partial charge on any atom is 0.248 e. The lowest BCUT2D eigenvalue weighted by molar-refractivity contribution is -0.138. The van der Waals surface area contributed by atoms with Crippen molar-refractivity contribution in [2.45, 2.75) is 26.7 Å². The molecule has 0 spiro atoms. The fourth-order valence-corrected chi connectivity index (χ4v) is 3.25. The van der Waals surface area contributed by atoms with E-state index in [0.29, 0.717) is 13.2 Å². The first-order valence-corrected chi connectivity index (χ1v) is 9.57. The Bertz CT molecular complexity index is 351. The number of nitrogens with zero attached hydrogens (tertiary/aromatic N) is 3. The van der Waals surface area contributed by atoms with Gasteiger partial charge in [-0.3, -0.25) is 9.69 Å². The monoisotopic (exact) mass is 341 g/mol. The first kappa shape index (κ1) is 19.6. The van der Waals surface area contributed by atoms with Crippen molar-refractivity contribution in [2.75, 3.05) is 78.8 Å². The highest BCUT2D eigenvalue weighted by Gasteiger charge is 2.20. The number of rotatable bonds is 9. The van der Waals surface area contributed by atoms with Gasteiger partial charge in [0, 0.05) is 45.8 Å². The van der Waals surface area contributed by atoms with Crippen LogP contribution in [0.25, 0.3) is 0 Å². The van der Waals surface area contributed by atoms with Crippen LogP contribution < -0.4 is 0 Å². The van der Waals surface area contributed by atoms with Crippen molar-refractivity contribution in [3.63, 3.8) is 0 Å². The zero-order valence-corrected chi connectivity index (χ0v) is 15.5. The second-order valence-corrected chi connectivity index (χ2v) is 7.00.